The molecule has 1 aromatic carbocycles. The van der Waals surface area contributed by atoms with E-state index in [1.54, 1.807) is 6.92 Å². The molecule has 0 aliphatic heterocycles. The van der Waals surface area contributed by atoms with Crippen molar-refractivity contribution in [3.63, 3.8) is 0 Å². The van der Waals surface area contributed by atoms with Crippen molar-refractivity contribution >= 4 is 11.9 Å². The average Bonchev–Trinajstić information content (AvgIpc) is 2.52. The van der Waals surface area contributed by atoms with Crippen LogP contribution in [-0.2, 0) is 14.3 Å². The van der Waals surface area contributed by atoms with Crippen LogP contribution in [0.5, 0.6) is 5.75 Å². The predicted molar refractivity (Wildman–Crippen MR) is 94.2 cm³/mol. The Morgan fingerprint density at radius 1 is 1.29 bits per heavy atom. The molecule has 0 spiro atoms. The van der Waals surface area contributed by atoms with Crippen molar-refractivity contribution in [3.8, 4) is 5.75 Å². The molecule has 1 unspecified atom stereocenters. The van der Waals surface area contributed by atoms with Gasteiger partial charge in [-0.25, -0.2) is 4.79 Å². The van der Waals surface area contributed by atoms with E-state index in [4.69, 9.17) is 9.47 Å². The fourth-order valence-corrected chi connectivity index (χ4v) is 2.67. The number of nitrogens with one attached hydrogen (secondary N) is 1. The van der Waals surface area contributed by atoms with Gasteiger partial charge in [0.05, 0.1) is 7.11 Å². The molecule has 134 valence electrons. The molecule has 1 N–H and O–H groups in total. The lowest BCUT2D eigenvalue weighted by atomic mass is 9.96. The van der Waals surface area contributed by atoms with Crippen LogP contribution in [0, 0.1) is 6.92 Å². The second-order valence-corrected chi connectivity index (χ2v) is 6.61. The zero-order chi connectivity index (χ0) is 18.3. The normalized spacial score (nSPS) is 13.3. The Labute approximate surface area is 144 Å². The van der Waals surface area contributed by atoms with Gasteiger partial charge in [-0.3, -0.25) is 4.79 Å². The SMILES string of the molecule is CCCC(C)(NC(=O)COc1cc(C)ccc1C(C)C)C(=O)OC. The van der Waals surface area contributed by atoms with Crippen molar-refractivity contribution in [1.29, 1.82) is 0 Å². The Balaban J connectivity index is 2.79. The summed E-state index contributed by atoms with van der Waals surface area (Å²) in [6.45, 7) is 9.62. The average molecular weight is 335 g/mol. The number of esters is 1. The topological polar surface area (TPSA) is 64.6 Å². The molecule has 0 aliphatic carbocycles. The van der Waals surface area contributed by atoms with Crippen LogP contribution >= 0.6 is 0 Å². The number of benzene rings is 1. The van der Waals surface area contributed by atoms with Crippen LogP contribution in [0.15, 0.2) is 18.2 Å². The maximum absolute atomic E-state index is 12.2. The zero-order valence-electron chi connectivity index (χ0n) is 15.6. The first-order valence-electron chi connectivity index (χ1n) is 8.36. The lowest BCUT2D eigenvalue weighted by Crippen LogP contribution is -2.53. The lowest BCUT2D eigenvalue weighted by molar-refractivity contribution is -0.150. The van der Waals surface area contributed by atoms with E-state index in [0.29, 0.717) is 18.1 Å². The van der Waals surface area contributed by atoms with Gasteiger partial charge in [0.1, 0.15) is 11.3 Å². The third kappa shape index (κ3) is 5.25. The highest BCUT2D eigenvalue weighted by Gasteiger charge is 2.35. The molecule has 1 amide bonds. The summed E-state index contributed by atoms with van der Waals surface area (Å²) < 4.78 is 10.5. The molecular formula is C19H29NO4. The highest BCUT2D eigenvalue weighted by Crippen LogP contribution is 2.27. The Bertz CT molecular complexity index is 583. The summed E-state index contributed by atoms with van der Waals surface area (Å²) in [7, 11) is 1.32. The van der Waals surface area contributed by atoms with Gasteiger partial charge in [-0.1, -0.05) is 39.3 Å². The molecule has 0 saturated carbocycles. The van der Waals surface area contributed by atoms with Gasteiger partial charge in [0.15, 0.2) is 6.61 Å². The van der Waals surface area contributed by atoms with Crippen LogP contribution in [-0.4, -0.2) is 31.1 Å². The van der Waals surface area contributed by atoms with Crippen molar-refractivity contribution in [3.05, 3.63) is 29.3 Å². The van der Waals surface area contributed by atoms with Crippen LogP contribution in [0.2, 0.25) is 0 Å². The molecule has 5 nitrogen and oxygen atoms in total. The second kappa shape index (κ2) is 8.71. The molecule has 0 radical (unpaired) electrons. The summed E-state index contributed by atoms with van der Waals surface area (Å²) in [5.74, 6) is 0.211. The maximum atomic E-state index is 12.2. The van der Waals surface area contributed by atoms with Gasteiger partial charge in [0, 0.05) is 0 Å². The number of carbonyl (C=O) groups excluding carboxylic acids is 2. The molecule has 0 aromatic heterocycles. The van der Waals surface area contributed by atoms with E-state index in [1.165, 1.54) is 7.11 Å². The van der Waals surface area contributed by atoms with Crippen LogP contribution in [0.25, 0.3) is 0 Å². The van der Waals surface area contributed by atoms with Crippen LogP contribution < -0.4 is 10.1 Å². The first-order valence-corrected chi connectivity index (χ1v) is 8.36. The van der Waals surface area contributed by atoms with E-state index >= 15 is 0 Å². The fourth-order valence-electron chi connectivity index (χ4n) is 2.67. The number of hydrogen-bond donors (Lipinski definition) is 1. The van der Waals surface area contributed by atoms with Gasteiger partial charge in [-0.15, -0.1) is 0 Å². The zero-order valence-corrected chi connectivity index (χ0v) is 15.6. The van der Waals surface area contributed by atoms with Crippen molar-refractivity contribution in [1.82, 2.24) is 5.32 Å². The number of amides is 1. The van der Waals surface area contributed by atoms with E-state index in [-0.39, 0.29) is 12.5 Å². The van der Waals surface area contributed by atoms with Crippen LogP contribution in [0.4, 0.5) is 0 Å². The van der Waals surface area contributed by atoms with E-state index < -0.39 is 11.5 Å². The Morgan fingerprint density at radius 3 is 2.50 bits per heavy atom. The molecule has 0 saturated heterocycles. The van der Waals surface area contributed by atoms with E-state index in [2.05, 4.69) is 19.2 Å². The summed E-state index contributed by atoms with van der Waals surface area (Å²) in [5, 5.41) is 2.74. The van der Waals surface area contributed by atoms with Gasteiger partial charge in [0.2, 0.25) is 0 Å². The molecule has 1 rings (SSSR count). The van der Waals surface area contributed by atoms with Gasteiger partial charge in [-0.05, 0) is 43.4 Å². The molecule has 1 aromatic rings. The number of aryl methyl sites for hydroxylation is 1. The number of ether oxygens (including phenoxy) is 2. The van der Waals surface area contributed by atoms with Crippen molar-refractivity contribution < 1.29 is 19.1 Å². The largest absolute Gasteiger partial charge is 0.483 e. The molecule has 0 bridgehead atoms. The van der Waals surface area contributed by atoms with Crippen molar-refractivity contribution in [2.75, 3.05) is 13.7 Å². The quantitative estimate of drug-likeness (QED) is 0.740. The standard InChI is InChI=1S/C19H29NO4/c1-7-10-19(5,18(22)23-6)20-17(21)12-24-16-11-14(4)8-9-15(16)13(2)3/h8-9,11,13H,7,10,12H2,1-6H3,(H,20,21). The predicted octanol–water partition coefficient (Wildman–Crippen LogP) is 3.35. The fraction of sp³-hybridized carbons (Fsp3) is 0.579. The molecule has 5 heteroatoms. The molecule has 0 aliphatic rings. The Kier molecular flexibility index (Phi) is 7.26. The monoisotopic (exact) mass is 335 g/mol. The minimum Gasteiger partial charge on any atom is -0.483 e. The van der Waals surface area contributed by atoms with Crippen LogP contribution in [0.1, 0.15) is 57.6 Å². The second-order valence-electron chi connectivity index (χ2n) is 6.61. The first kappa shape index (κ1) is 20.0. The Morgan fingerprint density at radius 2 is 1.96 bits per heavy atom. The van der Waals surface area contributed by atoms with E-state index in [1.807, 2.05) is 32.0 Å². The van der Waals surface area contributed by atoms with E-state index in [0.717, 1.165) is 17.5 Å². The summed E-state index contributed by atoms with van der Waals surface area (Å²) in [6, 6.07) is 5.97. The third-order valence-corrected chi connectivity index (χ3v) is 3.95. The number of rotatable bonds is 8. The van der Waals surface area contributed by atoms with Crippen molar-refractivity contribution in [2.24, 2.45) is 0 Å². The smallest absolute Gasteiger partial charge is 0.331 e. The number of methoxy groups -OCH3 is 1. The van der Waals surface area contributed by atoms with Gasteiger partial charge < -0.3 is 14.8 Å². The number of hydrogen-bond acceptors (Lipinski definition) is 4. The van der Waals surface area contributed by atoms with E-state index in [9.17, 15) is 9.59 Å². The van der Waals surface area contributed by atoms with Gasteiger partial charge in [-0.2, -0.15) is 0 Å². The Hall–Kier alpha value is -2.04. The minimum atomic E-state index is -1.03. The summed E-state index contributed by atoms with van der Waals surface area (Å²) in [4.78, 5) is 24.2. The number of carbonyl (C=O) groups is 2. The molecule has 0 fully saturated rings. The summed E-state index contributed by atoms with van der Waals surface area (Å²) in [6.07, 6.45) is 1.26. The third-order valence-electron chi connectivity index (χ3n) is 3.95. The minimum absolute atomic E-state index is 0.139. The van der Waals surface area contributed by atoms with Crippen LogP contribution in [0.3, 0.4) is 0 Å². The summed E-state index contributed by atoms with van der Waals surface area (Å²) >= 11 is 0. The van der Waals surface area contributed by atoms with Gasteiger partial charge >= 0.3 is 5.97 Å². The summed E-state index contributed by atoms with van der Waals surface area (Å²) in [5.41, 5.74) is 1.09. The van der Waals surface area contributed by atoms with Gasteiger partial charge in [0.25, 0.3) is 5.91 Å². The molecular weight excluding hydrogens is 306 g/mol. The highest BCUT2D eigenvalue weighted by atomic mass is 16.5. The molecule has 0 heterocycles. The molecule has 24 heavy (non-hydrogen) atoms. The highest BCUT2D eigenvalue weighted by molar-refractivity contribution is 5.88. The van der Waals surface area contributed by atoms with Crippen molar-refractivity contribution in [2.45, 2.75) is 58.9 Å². The molecule has 1 atom stereocenters. The first-order chi connectivity index (χ1) is 11.2. The lowest BCUT2D eigenvalue weighted by Gasteiger charge is -2.27. The maximum Gasteiger partial charge on any atom is 0.331 e.